The number of nitriles is 1. The van der Waals surface area contributed by atoms with Crippen LogP contribution in [0.2, 0.25) is 0 Å². The van der Waals surface area contributed by atoms with Crippen molar-refractivity contribution in [2.45, 2.75) is 25.8 Å². The highest BCUT2D eigenvalue weighted by molar-refractivity contribution is 6.10. The van der Waals surface area contributed by atoms with Crippen molar-refractivity contribution in [3.63, 3.8) is 0 Å². The van der Waals surface area contributed by atoms with Crippen LogP contribution in [0.5, 0.6) is 0 Å². The van der Waals surface area contributed by atoms with E-state index in [1.165, 1.54) is 19.3 Å². The fourth-order valence-electron chi connectivity index (χ4n) is 2.32. The molecule has 0 aliphatic carbocycles. The molecule has 1 aromatic rings. The molecule has 3 nitrogen and oxygen atoms in total. The van der Waals surface area contributed by atoms with Gasteiger partial charge < -0.3 is 0 Å². The molecule has 0 radical (unpaired) electrons. The van der Waals surface area contributed by atoms with Gasteiger partial charge in [-0.2, -0.15) is 5.26 Å². The molecule has 0 aromatic heterocycles. The Labute approximate surface area is 102 Å². The first-order valence-corrected chi connectivity index (χ1v) is 6.10. The quantitative estimate of drug-likeness (QED) is 0.807. The highest BCUT2D eigenvalue weighted by Crippen LogP contribution is 2.16. The molecule has 0 unspecified atom stereocenters. The molecule has 17 heavy (non-hydrogen) atoms. The second-order valence-corrected chi connectivity index (χ2v) is 4.48. The van der Waals surface area contributed by atoms with Gasteiger partial charge in [0.1, 0.15) is 11.8 Å². The molecule has 0 bridgehead atoms. The van der Waals surface area contributed by atoms with Crippen LogP contribution >= 0.6 is 0 Å². The van der Waals surface area contributed by atoms with Gasteiger partial charge in [-0.3, -0.25) is 10.3 Å². The van der Waals surface area contributed by atoms with E-state index >= 15 is 0 Å². The van der Waals surface area contributed by atoms with Gasteiger partial charge in [0, 0.05) is 12.1 Å². The summed E-state index contributed by atoms with van der Waals surface area (Å²) in [6.45, 7) is 3.13. The molecule has 0 atom stereocenters. The van der Waals surface area contributed by atoms with E-state index in [-0.39, 0.29) is 5.71 Å². The Morgan fingerprint density at radius 1 is 1.24 bits per heavy atom. The zero-order valence-corrected chi connectivity index (χ0v) is 9.95. The largest absolute Gasteiger partial charge is 0.299 e. The predicted octanol–water partition coefficient (Wildman–Crippen LogP) is 2.56. The van der Waals surface area contributed by atoms with Crippen LogP contribution in [0, 0.1) is 16.7 Å². The molecule has 88 valence electrons. The molecule has 1 aromatic carbocycles. The van der Waals surface area contributed by atoms with Crippen molar-refractivity contribution in [3.05, 3.63) is 35.4 Å². The van der Waals surface area contributed by atoms with Crippen LogP contribution in [0.3, 0.4) is 0 Å². The first-order valence-electron chi connectivity index (χ1n) is 6.10. The molecule has 1 aliphatic rings. The molecule has 1 N–H and O–H groups in total. The molecule has 0 spiro atoms. The number of piperidine rings is 1. The van der Waals surface area contributed by atoms with Crippen LogP contribution in [0.1, 0.15) is 30.4 Å². The summed E-state index contributed by atoms with van der Waals surface area (Å²) < 4.78 is 0. The van der Waals surface area contributed by atoms with E-state index in [4.69, 9.17) is 10.7 Å². The number of nitrogens with zero attached hydrogens (tertiary/aromatic N) is 2. The Hall–Kier alpha value is -1.66. The van der Waals surface area contributed by atoms with Gasteiger partial charge in [-0.1, -0.05) is 30.7 Å². The van der Waals surface area contributed by atoms with Gasteiger partial charge in [0.25, 0.3) is 0 Å². The normalized spacial score (nSPS) is 16.4. The second-order valence-electron chi connectivity index (χ2n) is 4.48. The zero-order chi connectivity index (χ0) is 12.1. The number of benzene rings is 1. The average Bonchev–Trinajstić information content (AvgIpc) is 2.40. The van der Waals surface area contributed by atoms with Gasteiger partial charge in [-0.25, -0.2) is 0 Å². The monoisotopic (exact) mass is 227 g/mol. The first-order chi connectivity index (χ1) is 8.31. The minimum atomic E-state index is 0.0672. The fourth-order valence-corrected chi connectivity index (χ4v) is 2.32. The van der Waals surface area contributed by atoms with Crippen molar-refractivity contribution in [1.82, 2.24) is 4.90 Å². The molecule has 1 fully saturated rings. The summed E-state index contributed by atoms with van der Waals surface area (Å²) in [5.74, 6) is 0. The number of rotatable bonds is 3. The molecule has 1 heterocycles. The van der Waals surface area contributed by atoms with Gasteiger partial charge >= 0.3 is 0 Å². The highest BCUT2D eigenvalue weighted by Gasteiger charge is 2.13. The summed E-state index contributed by atoms with van der Waals surface area (Å²) in [7, 11) is 0. The van der Waals surface area contributed by atoms with Crippen LogP contribution in [0.25, 0.3) is 0 Å². The fraction of sp³-hybridized carbons (Fsp3) is 0.429. The van der Waals surface area contributed by atoms with Gasteiger partial charge in [-0.05, 0) is 31.5 Å². The van der Waals surface area contributed by atoms with E-state index in [9.17, 15) is 0 Å². The van der Waals surface area contributed by atoms with E-state index in [0.717, 1.165) is 30.8 Å². The average molecular weight is 227 g/mol. The van der Waals surface area contributed by atoms with Crippen LogP contribution in [-0.2, 0) is 6.54 Å². The molecule has 0 saturated carbocycles. The molecular formula is C14H17N3. The van der Waals surface area contributed by atoms with Crippen molar-refractivity contribution in [2.75, 3.05) is 13.1 Å². The lowest BCUT2D eigenvalue weighted by Crippen LogP contribution is -2.29. The van der Waals surface area contributed by atoms with Crippen molar-refractivity contribution < 1.29 is 0 Å². The van der Waals surface area contributed by atoms with E-state index in [1.54, 1.807) is 0 Å². The third kappa shape index (κ3) is 2.92. The summed E-state index contributed by atoms with van der Waals surface area (Å²) in [6, 6.07) is 9.68. The van der Waals surface area contributed by atoms with Crippen molar-refractivity contribution >= 4 is 5.71 Å². The SMILES string of the molecule is N#CC(=N)c1ccccc1CN1CCCCC1. The minimum Gasteiger partial charge on any atom is -0.299 e. The van der Waals surface area contributed by atoms with E-state index in [1.807, 2.05) is 30.3 Å². The van der Waals surface area contributed by atoms with Crippen LogP contribution < -0.4 is 0 Å². The molecule has 1 aliphatic heterocycles. The number of nitrogens with one attached hydrogen (secondary N) is 1. The predicted molar refractivity (Wildman–Crippen MR) is 68.0 cm³/mol. The highest BCUT2D eigenvalue weighted by atomic mass is 15.1. The maximum absolute atomic E-state index is 8.83. The molecule has 3 heteroatoms. The lowest BCUT2D eigenvalue weighted by atomic mass is 10.0. The van der Waals surface area contributed by atoms with Crippen LogP contribution in [0.15, 0.2) is 24.3 Å². The van der Waals surface area contributed by atoms with E-state index in [2.05, 4.69) is 4.90 Å². The summed E-state index contributed by atoms with van der Waals surface area (Å²) in [6.07, 6.45) is 3.85. The smallest absolute Gasteiger partial charge is 0.139 e. The van der Waals surface area contributed by atoms with E-state index < -0.39 is 0 Å². The Balaban J connectivity index is 2.14. The molecule has 0 amide bonds. The van der Waals surface area contributed by atoms with Gasteiger partial charge in [0.15, 0.2) is 0 Å². The number of hydrogen-bond acceptors (Lipinski definition) is 3. The minimum absolute atomic E-state index is 0.0672. The van der Waals surface area contributed by atoms with Crippen molar-refractivity contribution in [1.29, 1.82) is 10.7 Å². The molecule has 2 rings (SSSR count). The van der Waals surface area contributed by atoms with Crippen LogP contribution in [-0.4, -0.2) is 23.7 Å². The number of hydrogen-bond donors (Lipinski definition) is 1. The summed E-state index contributed by atoms with van der Waals surface area (Å²) in [5, 5.41) is 16.5. The zero-order valence-electron chi connectivity index (χ0n) is 9.95. The maximum atomic E-state index is 8.83. The standard InChI is InChI=1S/C14H17N3/c15-10-14(16)13-7-3-2-6-12(13)11-17-8-4-1-5-9-17/h2-3,6-7,16H,1,4-5,8-9,11H2. The second kappa shape index (κ2) is 5.60. The number of likely N-dealkylation sites (tertiary alicyclic amines) is 1. The Morgan fingerprint density at radius 3 is 2.65 bits per heavy atom. The van der Waals surface area contributed by atoms with Crippen molar-refractivity contribution in [2.24, 2.45) is 0 Å². The third-order valence-corrected chi connectivity index (χ3v) is 3.24. The molecule has 1 saturated heterocycles. The van der Waals surface area contributed by atoms with Gasteiger partial charge in [-0.15, -0.1) is 0 Å². The van der Waals surface area contributed by atoms with Gasteiger partial charge in [0.05, 0.1) is 0 Å². The summed E-state index contributed by atoms with van der Waals surface area (Å²) >= 11 is 0. The maximum Gasteiger partial charge on any atom is 0.139 e. The van der Waals surface area contributed by atoms with Crippen molar-refractivity contribution in [3.8, 4) is 6.07 Å². The first kappa shape index (κ1) is 11.8. The van der Waals surface area contributed by atoms with Gasteiger partial charge in [0.2, 0.25) is 0 Å². The molecular weight excluding hydrogens is 210 g/mol. The lowest BCUT2D eigenvalue weighted by molar-refractivity contribution is 0.221. The van der Waals surface area contributed by atoms with E-state index in [0.29, 0.717) is 0 Å². The lowest BCUT2D eigenvalue weighted by Gasteiger charge is -2.27. The van der Waals surface area contributed by atoms with Crippen LogP contribution in [0.4, 0.5) is 0 Å². The Bertz CT molecular complexity index is 439. The summed E-state index contributed by atoms with van der Waals surface area (Å²) in [5.41, 5.74) is 1.94. The third-order valence-electron chi connectivity index (χ3n) is 3.24. The topological polar surface area (TPSA) is 50.9 Å². The Kier molecular flexibility index (Phi) is 3.89. The Morgan fingerprint density at radius 2 is 1.94 bits per heavy atom. The summed E-state index contributed by atoms with van der Waals surface area (Å²) in [4.78, 5) is 2.41.